The molecule has 0 aliphatic heterocycles. The van der Waals surface area contributed by atoms with Gasteiger partial charge in [0.25, 0.3) is 11.8 Å². The van der Waals surface area contributed by atoms with Crippen molar-refractivity contribution < 1.29 is 19.1 Å². The van der Waals surface area contributed by atoms with E-state index in [2.05, 4.69) is 17.6 Å². The first kappa shape index (κ1) is 22.1. The van der Waals surface area contributed by atoms with E-state index < -0.39 is 24.0 Å². The fourth-order valence-corrected chi connectivity index (χ4v) is 2.68. The van der Waals surface area contributed by atoms with Gasteiger partial charge >= 0.3 is 5.97 Å². The van der Waals surface area contributed by atoms with Gasteiger partial charge in [-0.25, -0.2) is 4.79 Å². The van der Waals surface area contributed by atoms with Crippen LogP contribution in [0.15, 0.2) is 54.6 Å². The Morgan fingerprint density at radius 1 is 0.931 bits per heavy atom. The summed E-state index contributed by atoms with van der Waals surface area (Å²) in [6.45, 7) is 7.16. The summed E-state index contributed by atoms with van der Waals surface area (Å²) in [6.07, 6.45) is -0.0868. The predicted molar refractivity (Wildman–Crippen MR) is 113 cm³/mol. The molecule has 2 aromatic rings. The molecule has 6 nitrogen and oxygen atoms in total. The van der Waals surface area contributed by atoms with Crippen LogP contribution in [0.1, 0.15) is 43.6 Å². The minimum absolute atomic E-state index is 0.202. The Kier molecular flexibility index (Phi) is 7.95. The molecule has 1 unspecified atom stereocenters. The second kappa shape index (κ2) is 10.4. The number of hydrogen-bond acceptors (Lipinski definition) is 4. The number of ether oxygens (including phenoxy) is 1. The maximum atomic E-state index is 12.6. The topological polar surface area (TPSA) is 84.5 Å². The van der Waals surface area contributed by atoms with Crippen LogP contribution in [0.2, 0.25) is 0 Å². The van der Waals surface area contributed by atoms with E-state index in [-0.39, 0.29) is 11.8 Å². The number of anilines is 1. The summed E-state index contributed by atoms with van der Waals surface area (Å²) in [5, 5.41) is 5.42. The van der Waals surface area contributed by atoms with E-state index in [4.69, 9.17) is 4.74 Å². The minimum Gasteiger partial charge on any atom is -0.451 e. The molecule has 2 N–H and O–H groups in total. The van der Waals surface area contributed by atoms with Crippen molar-refractivity contribution in [2.45, 2.75) is 46.3 Å². The molecule has 0 heterocycles. The van der Waals surface area contributed by atoms with Gasteiger partial charge in [-0.3, -0.25) is 9.59 Å². The highest BCUT2D eigenvalue weighted by Crippen LogP contribution is 2.12. The number of rotatable bonds is 8. The lowest BCUT2D eigenvalue weighted by Crippen LogP contribution is -2.47. The average Bonchev–Trinajstić information content (AvgIpc) is 2.72. The molecular formula is C23H28N2O4. The van der Waals surface area contributed by atoms with Crippen LogP contribution in [0.3, 0.4) is 0 Å². The Bertz CT molecular complexity index is 832. The van der Waals surface area contributed by atoms with Gasteiger partial charge in [-0.15, -0.1) is 0 Å². The lowest BCUT2D eigenvalue weighted by Gasteiger charge is -2.23. The van der Waals surface area contributed by atoms with Gasteiger partial charge in [0, 0.05) is 11.3 Å². The smallest absolute Gasteiger partial charge is 0.329 e. The third kappa shape index (κ3) is 6.45. The molecule has 0 radical (unpaired) electrons. The zero-order valence-electron chi connectivity index (χ0n) is 17.3. The molecule has 2 rings (SSSR count). The van der Waals surface area contributed by atoms with Gasteiger partial charge in [-0.2, -0.15) is 0 Å². The number of carbonyl (C=O) groups is 3. The molecular weight excluding hydrogens is 368 g/mol. The molecule has 2 amide bonds. The quantitative estimate of drug-likeness (QED) is 0.668. The zero-order chi connectivity index (χ0) is 21.4. The monoisotopic (exact) mass is 396 g/mol. The Morgan fingerprint density at radius 3 is 2.10 bits per heavy atom. The highest BCUT2D eigenvalue weighted by Gasteiger charge is 2.29. The fourth-order valence-electron chi connectivity index (χ4n) is 2.68. The van der Waals surface area contributed by atoms with Crippen LogP contribution in [-0.4, -0.2) is 29.9 Å². The van der Waals surface area contributed by atoms with E-state index >= 15 is 0 Å². The number of benzene rings is 2. The Labute approximate surface area is 171 Å². The van der Waals surface area contributed by atoms with Crippen molar-refractivity contribution in [2.75, 3.05) is 5.32 Å². The van der Waals surface area contributed by atoms with Crippen LogP contribution in [0, 0.1) is 5.92 Å². The van der Waals surface area contributed by atoms with Crippen LogP contribution in [0.25, 0.3) is 0 Å². The standard InChI is InChI=1S/C23H28N2O4/c1-5-17-11-13-19(14-12-17)24-21(26)16(4)29-23(28)20(15(2)3)25-22(27)18-9-7-6-8-10-18/h6-16,20H,5H2,1-4H3,(H,24,26)(H,25,27)/t16?,20-/m0/s1. The molecule has 154 valence electrons. The van der Waals surface area contributed by atoms with Crippen LogP contribution in [-0.2, 0) is 20.7 Å². The van der Waals surface area contributed by atoms with Gasteiger partial charge < -0.3 is 15.4 Å². The van der Waals surface area contributed by atoms with Gasteiger partial charge in [-0.1, -0.05) is 51.1 Å². The molecule has 0 fully saturated rings. The third-order valence-corrected chi connectivity index (χ3v) is 4.54. The summed E-state index contributed by atoms with van der Waals surface area (Å²) in [5.41, 5.74) is 2.25. The van der Waals surface area contributed by atoms with E-state index in [1.165, 1.54) is 6.92 Å². The molecule has 2 aromatic carbocycles. The fraction of sp³-hybridized carbons (Fsp3) is 0.348. The first-order valence-corrected chi connectivity index (χ1v) is 9.78. The van der Waals surface area contributed by atoms with Crippen molar-refractivity contribution in [3.05, 3.63) is 65.7 Å². The molecule has 0 saturated carbocycles. The summed E-state index contributed by atoms with van der Waals surface area (Å²) in [5.74, 6) is -1.64. The number of esters is 1. The van der Waals surface area contributed by atoms with Crippen LogP contribution >= 0.6 is 0 Å². The zero-order valence-corrected chi connectivity index (χ0v) is 17.3. The molecule has 0 saturated heterocycles. The average molecular weight is 396 g/mol. The number of carbonyl (C=O) groups excluding carboxylic acids is 3. The van der Waals surface area contributed by atoms with Gasteiger partial charge in [-0.05, 0) is 49.1 Å². The Morgan fingerprint density at radius 2 is 1.55 bits per heavy atom. The molecule has 0 aromatic heterocycles. The van der Waals surface area contributed by atoms with Crippen LogP contribution < -0.4 is 10.6 Å². The molecule has 6 heteroatoms. The number of amides is 2. The summed E-state index contributed by atoms with van der Waals surface area (Å²) < 4.78 is 5.32. The maximum Gasteiger partial charge on any atom is 0.329 e. The molecule has 29 heavy (non-hydrogen) atoms. The second-order valence-corrected chi connectivity index (χ2v) is 7.18. The van der Waals surface area contributed by atoms with Gasteiger partial charge in [0.15, 0.2) is 6.10 Å². The van der Waals surface area contributed by atoms with Crippen LogP contribution in [0.4, 0.5) is 5.69 Å². The van der Waals surface area contributed by atoms with Gasteiger partial charge in [0.1, 0.15) is 6.04 Å². The van der Waals surface area contributed by atoms with Crippen molar-refractivity contribution in [2.24, 2.45) is 5.92 Å². The van der Waals surface area contributed by atoms with E-state index in [1.54, 1.807) is 44.2 Å². The third-order valence-electron chi connectivity index (χ3n) is 4.54. The Hall–Kier alpha value is -3.15. The Balaban J connectivity index is 1.96. The summed E-state index contributed by atoms with van der Waals surface area (Å²) in [4.78, 5) is 37.3. The van der Waals surface area contributed by atoms with Gasteiger partial charge in [0.05, 0.1) is 0 Å². The minimum atomic E-state index is -0.997. The first-order valence-electron chi connectivity index (χ1n) is 9.78. The lowest BCUT2D eigenvalue weighted by molar-refractivity contribution is -0.156. The van der Waals surface area contributed by atoms with E-state index in [0.29, 0.717) is 11.3 Å². The SMILES string of the molecule is CCc1ccc(NC(=O)C(C)OC(=O)[C@@H](NC(=O)c2ccccc2)C(C)C)cc1. The van der Waals surface area contributed by atoms with Gasteiger partial charge in [0.2, 0.25) is 0 Å². The first-order chi connectivity index (χ1) is 13.8. The number of hydrogen-bond donors (Lipinski definition) is 2. The summed E-state index contributed by atoms with van der Waals surface area (Å²) >= 11 is 0. The van der Waals surface area contributed by atoms with Crippen molar-refractivity contribution in [3.8, 4) is 0 Å². The summed E-state index contributed by atoms with van der Waals surface area (Å²) in [7, 11) is 0. The molecule has 0 aliphatic rings. The predicted octanol–water partition coefficient (Wildman–Crippen LogP) is 3.57. The van der Waals surface area contributed by atoms with Crippen molar-refractivity contribution in [1.29, 1.82) is 0 Å². The molecule has 0 aliphatic carbocycles. The second-order valence-electron chi connectivity index (χ2n) is 7.18. The maximum absolute atomic E-state index is 12.6. The van der Waals surface area contributed by atoms with Crippen LogP contribution in [0.5, 0.6) is 0 Å². The van der Waals surface area contributed by atoms with E-state index in [0.717, 1.165) is 12.0 Å². The molecule has 0 bridgehead atoms. The van der Waals surface area contributed by atoms with E-state index in [9.17, 15) is 14.4 Å². The largest absolute Gasteiger partial charge is 0.451 e. The number of aryl methyl sites for hydroxylation is 1. The molecule has 0 spiro atoms. The molecule has 2 atom stereocenters. The lowest BCUT2D eigenvalue weighted by atomic mass is 10.0. The normalized spacial score (nSPS) is 12.7. The van der Waals surface area contributed by atoms with Crippen molar-refractivity contribution in [1.82, 2.24) is 5.32 Å². The highest BCUT2D eigenvalue weighted by molar-refractivity contribution is 5.98. The number of nitrogens with one attached hydrogen (secondary N) is 2. The van der Waals surface area contributed by atoms with Crippen molar-refractivity contribution in [3.63, 3.8) is 0 Å². The summed E-state index contributed by atoms with van der Waals surface area (Å²) in [6, 6.07) is 15.2. The van der Waals surface area contributed by atoms with E-state index in [1.807, 2.05) is 24.3 Å². The highest BCUT2D eigenvalue weighted by atomic mass is 16.5. The van der Waals surface area contributed by atoms with Crippen molar-refractivity contribution >= 4 is 23.5 Å².